The van der Waals surface area contributed by atoms with Crippen molar-refractivity contribution < 1.29 is 0 Å². The van der Waals surface area contributed by atoms with Crippen LogP contribution in [0.1, 0.15) is 41.4 Å². The van der Waals surface area contributed by atoms with E-state index in [-0.39, 0.29) is 0 Å². The lowest BCUT2D eigenvalue weighted by atomic mass is 9.89. The number of aromatic nitrogens is 4. The fourth-order valence-corrected chi connectivity index (χ4v) is 4.43. The highest BCUT2D eigenvalue weighted by Gasteiger charge is 2.23. The Kier molecular flexibility index (Phi) is 4.72. The lowest BCUT2D eigenvalue weighted by Gasteiger charge is -2.34. The van der Waals surface area contributed by atoms with Crippen molar-refractivity contribution in [1.29, 1.82) is 0 Å². The molecule has 1 aliphatic heterocycles. The first-order valence-corrected chi connectivity index (χ1v) is 10.3. The largest absolute Gasteiger partial charge is 0.371 e. The highest BCUT2D eigenvalue weighted by atomic mass is 15.3. The molecular weight excluding hydrogens is 358 g/mol. The summed E-state index contributed by atoms with van der Waals surface area (Å²) >= 11 is 0. The van der Waals surface area contributed by atoms with E-state index in [1.165, 1.54) is 29.7 Å². The van der Waals surface area contributed by atoms with Gasteiger partial charge in [-0.1, -0.05) is 36.4 Å². The summed E-state index contributed by atoms with van der Waals surface area (Å²) in [4.78, 5) is 6.92. The Balaban J connectivity index is 1.36. The first-order valence-electron chi connectivity index (χ1n) is 10.3. The van der Waals surface area contributed by atoms with Crippen molar-refractivity contribution in [3.8, 4) is 0 Å². The zero-order valence-corrected chi connectivity index (χ0v) is 16.7. The Morgan fingerprint density at radius 1 is 0.931 bits per heavy atom. The third kappa shape index (κ3) is 3.48. The monoisotopic (exact) mass is 383 g/mol. The molecule has 29 heavy (non-hydrogen) atoms. The number of benzene rings is 1. The maximum Gasteiger partial charge on any atom is 0.165 e. The Bertz CT molecular complexity index is 1100. The van der Waals surface area contributed by atoms with E-state index < -0.39 is 0 Å². The van der Waals surface area contributed by atoms with Crippen LogP contribution in [-0.4, -0.2) is 32.7 Å². The van der Waals surface area contributed by atoms with Gasteiger partial charge in [0.1, 0.15) is 5.82 Å². The molecule has 1 saturated heterocycles. The van der Waals surface area contributed by atoms with Crippen LogP contribution >= 0.6 is 0 Å². The molecule has 0 atom stereocenters. The van der Waals surface area contributed by atoms with Crippen molar-refractivity contribution in [3.05, 3.63) is 89.6 Å². The molecule has 0 amide bonds. The molecule has 5 heteroatoms. The molecule has 0 bridgehead atoms. The topological polar surface area (TPSA) is 46.3 Å². The predicted molar refractivity (Wildman–Crippen MR) is 115 cm³/mol. The van der Waals surface area contributed by atoms with Crippen molar-refractivity contribution in [3.63, 3.8) is 0 Å². The number of nitrogens with zero attached hydrogens (tertiary/aromatic N) is 5. The minimum atomic E-state index is 0.662. The number of piperidine rings is 1. The van der Waals surface area contributed by atoms with Gasteiger partial charge in [0.25, 0.3) is 0 Å². The van der Waals surface area contributed by atoms with Crippen LogP contribution in [0.2, 0.25) is 0 Å². The molecule has 5 nitrogen and oxygen atoms in total. The summed E-state index contributed by atoms with van der Waals surface area (Å²) in [5.41, 5.74) is 5.90. The van der Waals surface area contributed by atoms with Crippen molar-refractivity contribution >= 4 is 11.3 Å². The van der Waals surface area contributed by atoms with Crippen molar-refractivity contribution in [2.24, 2.45) is 0 Å². The molecule has 1 fully saturated rings. The maximum atomic E-state index is 4.49. The number of fused-ring (bicyclic) bond motifs is 1. The maximum absolute atomic E-state index is 4.49. The lowest BCUT2D eigenvalue weighted by molar-refractivity contribution is 0.505. The zero-order chi connectivity index (χ0) is 19.6. The lowest BCUT2D eigenvalue weighted by Crippen LogP contribution is -2.33. The summed E-state index contributed by atoms with van der Waals surface area (Å²) in [6.45, 7) is 4.31. The molecule has 0 spiro atoms. The normalized spacial score (nSPS) is 15.1. The van der Waals surface area contributed by atoms with E-state index in [1.54, 1.807) is 0 Å². The molecule has 0 unspecified atom stereocenters. The molecule has 4 aromatic rings. The molecule has 0 saturated carbocycles. The van der Waals surface area contributed by atoms with Crippen LogP contribution < -0.4 is 4.90 Å². The zero-order valence-electron chi connectivity index (χ0n) is 16.7. The minimum absolute atomic E-state index is 0.662. The molecule has 4 heterocycles. The standard InChI is InChI=1S/C24H25N5/c1-18-22(28-14-10-20(11-15-28)19-7-3-2-4-8-19)12-16-29-23(26-27-24(18)29)17-21-9-5-6-13-25-21/h2-9,12-13,16,20H,10-11,14-15,17H2,1H3. The third-order valence-electron chi connectivity index (χ3n) is 6.04. The van der Waals surface area contributed by atoms with E-state index in [1.807, 2.05) is 24.4 Å². The molecule has 0 N–H and O–H groups in total. The van der Waals surface area contributed by atoms with Gasteiger partial charge in [0.05, 0.1) is 6.42 Å². The van der Waals surface area contributed by atoms with E-state index in [4.69, 9.17) is 0 Å². The average molecular weight is 383 g/mol. The molecular formula is C24H25N5. The second-order valence-corrected chi connectivity index (χ2v) is 7.81. The van der Waals surface area contributed by atoms with E-state index in [2.05, 4.69) is 74.0 Å². The fraction of sp³-hybridized carbons (Fsp3) is 0.292. The van der Waals surface area contributed by atoms with E-state index in [9.17, 15) is 0 Å². The van der Waals surface area contributed by atoms with Gasteiger partial charge in [-0.3, -0.25) is 9.38 Å². The molecule has 3 aromatic heterocycles. The van der Waals surface area contributed by atoms with Crippen LogP contribution in [0.25, 0.3) is 5.65 Å². The quantitative estimate of drug-likeness (QED) is 0.524. The van der Waals surface area contributed by atoms with Gasteiger partial charge < -0.3 is 4.90 Å². The summed E-state index contributed by atoms with van der Waals surface area (Å²) in [5, 5.41) is 8.93. The number of hydrogen-bond donors (Lipinski definition) is 0. The van der Waals surface area contributed by atoms with Gasteiger partial charge in [-0.05, 0) is 49.4 Å². The van der Waals surface area contributed by atoms with Gasteiger partial charge in [0.2, 0.25) is 0 Å². The second-order valence-electron chi connectivity index (χ2n) is 7.81. The van der Waals surface area contributed by atoms with Crippen LogP contribution in [0.5, 0.6) is 0 Å². The van der Waals surface area contributed by atoms with Gasteiger partial charge in [-0.25, -0.2) is 0 Å². The van der Waals surface area contributed by atoms with Gasteiger partial charge in [0, 0.05) is 42.4 Å². The van der Waals surface area contributed by atoms with E-state index in [0.29, 0.717) is 12.3 Å². The van der Waals surface area contributed by atoms with Crippen LogP contribution in [0.15, 0.2) is 67.0 Å². The number of anilines is 1. The molecule has 146 valence electrons. The summed E-state index contributed by atoms with van der Waals surface area (Å²) in [6, 6.07) is 19.1. The van der Waals surface area contributed by atoms with Crippen molar-refractivity contribution in [2.75, 3.05) is 18.0 Å². The molecule has 0 aliphatic carbocycles. The molecule has 5 rings (SSSR count). The minimum Gasteiger partial charge on any atom is -0.371 e. The van der Waals surface area contributed by atoms with Crippen LogP contribution in [0.3, 0.4) is 0 Å². The molecule has 1 aromatic carbocycles. The Morgan fingerprint density at radius 3 is 2.48 bits per heavy atom. The summed E-state index contributed by atoms with van der Waals surface area (Å²) < 4.78 is 2.10. The SMILES string of the molecule is Cc1c(N2CCC(c3ccccc3)CC2)ccn2c(Cc3ccccn3)nnc12. The summed E-state index contributed by atoms with van der Waals surface area (Å²) in [5.74, 6) is 1.59. The van der Waals surface area contributed by atoms with Crippen LogP contribution in [0, 0.1) is 6.92 Å². The van der Waals surface area contributed by atoms with Gasteiger partial charge in [-0.2, -0.15) is 0 Å². The Hall–Kier alpha value is -3.21. The van der Waals surface area contributed by atoms with Crippen molar-refractivity contribution in [2.45, 2.75) is 32.1 Å². The van der Waals surface area contributed by atoms with Crippen LogP contribution in [0.4, 0.5) is 5.69 Å². The fourth-order valence-electron chi connectivity index (χ4n) is 4.43. The summed E-state index contributed by atoms with van der Waals surface area (Å²) in [7, 11) is 0. The average Bonchev–Trinajstić information content (AvgIpc) is 3.19. The van der Waals surface area contributed by atoms with Gasteiger partial charge in [0.15, 0.2) is 5.65 Å². The first kappa shape index (κ1) is 17.9. The summed E-state index contributed by atoms with van der Waals surface area (Å²) in [6.07, 6.45) is 6.99. The van der Waals surface area contributed by atoms with E-state index in [0.717, 1.165) is 30.3 Å². The number of rotatable bonds is 4. The second kappa shape index (κ2) is 7.66. The third-order valence-corrected chi connectivity index (χ3v) is 6.04. The molecule has 0 radical (unpaired) electrons. The Morgan fingerprint density at radius 2 is 1.72 bits per heavy atom. The highest BCUT2D eigenvalue weighted by Crippen LogP contribution is 2.32. The Labute approximate surface area is 171 Å². The number of hydrogen-bond acceptors (Lipinski definition) is 4. The van der Waals surface area contributed by atoms with Gasteiger partial charge in [-0.15, -0.1) is 10.2 Å². The smallest absolute Gasteiger partial charge is 0.165 e. The van der Waals surface area contributed by atoms with Crippen LogP contribution in [-0.2, 0) is 6.42 Å². The first-order chi connectivity index (χ1) is 14.3. The number of pyridine rings is 2. The van der Waals surface area contributed by atoms with Crippen molar-refractivity contribution in [1.82, 2.24) is 19.6 Å². The predicted octanol–water partition coefficient (Wildman–Crippen LogP) is 4.41. The highest BCUT2D eigenvalue weighted by molar-refractivity contribution is 5.65. The van der Waals surface area contributed by atoms with Gasteiger partial charge >= 0.3 is 0 Å². The molecule has 1 aliphatic rings. The van der Waals surface area contributed by atoms with E-state index >= 15 is 0 Å². The number of aryl methyl sites for hydroxylation is 1.